The predicted octanol–water partition coefficient (Wildman–Crippen LogP) is 5.40. The van der Waals surface area contributed by atoms with Crippen molar-refractivity contribution in [3.63, 3.8) is 0 Å². The lowest BCUT2D eigenvalue weighted by Crippen LogP contribution is -2.12. The Kier molecular flexibility index (Phi) is 5.84. The smallest absolute Gasteiger partial charge is 0.257 e. The Morgan fingerprint density at radius 3 is 2.25 bits per heavy atom. The lowest BCUT2D eigenvalue weighted by molar-refractivity contribution is 0.101. The number of nitrogens with zero attached hydrogens (tertiary/aromatic N) is 1. The highest BCUT2D eigenvalue weighted by molar-refractivity contribution is 6.04. The van der Waals surface area contributed by atoms with Gasteiger partial charge in [-0.05, 0) is 54.8 Å². The van der Waals surface area contributed by atoms with E-state index in [-0.39, 0.29) is 11.7 Å². The molecule has 0 aliphatic heterocycles. The van der Waals surface area contributed by atoms with Crippen LogP contribution in [0.25, 0.3) is 0 Å². The van der Waals surface area contributed by atoms with Crippen molar-refractivity contribution in [3.05, 3.63) is 83.6 Å². The van der Waals surface area contributed by atoms with Crippen LogP contribution in [0.3, 0.4) is 0 Å². The SMILES string of the molecule is CC(=O)c1cccc(Nc2ccc(C(=O)Nc3ccc(C(C)C)cc3)cn2)c1. The minimum absolute atomic E-state index is 0.00468. The average Bonchev–Trinajstić information content (AvgIpc) is 2.69. The van der Waals surface area contributed by atoms with Gasteiger partial charge in [-0.25, -0.2) is 4.98 Å². The summed E-state index contributed by atoms with van der Waals surface area (Å²) in [6.45, 7) is 5.79. The van der Waals surface area contributed by atoms with Gasteiger partial charge in [0.25, 0.3) is 5.91 Å². The molecule has 5 heteroatoms. The summed E-state index contributed by atoms with van der Waals surface area (Å²) >= 11 is 0. The van der Waals surface area contributed by atoms with Gasteiger partial charge in [-0.1, -0.05) is 38.1 Å². The van der Waals surface area contributed by atoms with Crippen LogP contribution in [0, 0.1) is 0 Å². The number of benzene rings is 2. The van der Waals surface area contributed by atoms with Crippen molar-refractivity contribution >= 4 is 28.9 Å². The zero-order valence-corrected chi connectivity index (χ0v) is 16.2. The fourth-order valence-corrected chi connectivity index (χ4v) is 2.72. The van der Waals surface area contributed by atoms with E-state index in [1.807, 2.05) is 36.4 Å². The number of hydrogen-bond acceptors (Lipinski definition) is 4. The third-order valence-electron chi connectivity index (χ3n) is 4.40. The molecular formula is C23H23N3O2. The summed E-state index contributed by atoms with van der Waals surface area (Å²) in [5.41, 5.74) is 3.84. The molecule has 1 heterocycles. The van der Waals surface area contributed by atoms with Crippen LogP contribution in [0.2, 0.25) is 0 Å². The Labute approximate surface area is 164 Å². The molecule has 28 heavy (non-hydrogen) atoms. The van der Waals surface area contributed by atoms with E-state index in [4.69, 9.17) is 0 Å². The Hall–Kier alpha value is -3.47. The van der Waals surface area contributed by atoms with E-state index < -0.39 is 0 Å². The maximum atomic E-state index is 12.4. The van der Waals surface area contributed by atoms with Crippen molar-refractivity contribution in [3.8, 4) is 0 Å². The minimum atomic E-state index is -0.213. The number of amides is 1. The van der Waals surface area contributed by atoms with Gasteiger partial charge in [-0.15, -0.1) is 0 Å². The van der Waals surface area contributed by atoms with Gasteiger partial charge in [-0.2, -0.15) is 0 Å². The topological polar surface area (TPSA) is 71.1 Å². The molecule has 3 aromatic rings. The first-order valence-electron chi connectivity index (χ1n) is 9.18. The first-order valence-corrected chi connectivity index (χ1v) is 9.18. The molecule has 0 radical (unpaired) electrons. The van der Waals surface area contributed by atoms with Gasteiger partial charge in [0.2, 0.25) is 0 Å². The molecule has 0 fully saturated rings. The first-order chi connectivity index (χ1) is 13.4. The summed E-state index contributed by atoms with van der Waals surface area (Å²) in [5.74, 6) is 0.837. The van der Waals surface area contributed by atoms with Crippen molar-refractivity contribution in [1.82, 2.24) is 4.98 Å². The summed E-state index contributed by atoms with van der Waals surface area (Å²) in [7, 11) is 0. The van der Waals surface area contributed by atoms with Gasteiger partial charge in [0.05, 0.1) is 5.56 Å². The van der Waals surface area contributed by atoms with Gasteiger partial charge in [0, 0.05) is 23.1 Å². The normalized spacial score (nSPS) is 10.6. The van der Waals surface area contributed by atoms with E-state index in [9.17, 15) is 9.59 Å². The summed E-state index contributed by atoms with van der Waals surface area (Å²) in [6.07, 6.45) is 1.52. The fraction of sp³-hybridized carbons (Fsp3) is 0.174. The molecule has 0 aliphatic rings. The van der Waals surface area contributed by atoms with Crippen molar-refractivity contribution in [1.29, 1.82) is 0 Å². The molecule has 0 aliphatic carbocycles. The Morgan fingerprint density at radius 1 is 0.893 bits per heavy atom. The number of hydrogen-bond donors (Lipinski definition) is 2. The minimum Gasteiger partial charge on any atom is -0.340 e. The number of pyridine rings is 1. The van der Waals surface area contributed by atoms with Crippen LogP contribution in [-0.2, 0) is 0 Å². The van der Waals surface area contributed by atoms with E-state index in [0.29, 0.717) is 22.9 Å². The molecule has 1 amide bonds. The standard InChI is InChI=1S/C23H23N3O2/c1-15(2)17-7-10-20(11-8-17)26-23(28)19-9-12-22(24-14-19)25-21-6-4-5-18(13-21)16(3)27/h4-15H,1-3H3,(H,24,25)(H,26,28). The third-order valence-corrected chi connectivity index (χ3v) is 4.40. The van der Waals surface area contributed by atoms with Crippen LogP contribution >= 0.6 is 0 Å². The van der Waals surface area contributed by atoms with E-state index in [2.05, 4.69) is 29.5 Å². The molecule has 142 valence electrons. The van der Waals surface area contributed by atoms with Gasteiger partial charge >= 0.3 is 0 Å². The van der Waals surface area contributed by atoms with Crippen LogP contribution in [0.5, 0.6) is 0 Å². The summed E-state index contributed by atoms with van der Waals surface area (Å²) in [6, 6.07) is 18.5. The number of rotatable bonds is 6. The third kappa shape index (κ3) is 4.82. The Balaban J connectivity index is 1.65. The first kappa shape index (κ1) is 19.3. The fourth-order valence-electron chi connectivity index (χ4n) is 2.72. The molecule has 0 unspecified atom stereocenters. The lowest BCUT2D eigenvalue weighted by atomic mass is 10.0. The molecule has 0 saturated heterocycles. The molecular weight excluding hydrogens is 350 g/mol. The van der Waals surface area contributed by atoms with Crippen LogP contribution < -0.4 is 10.6 Å². The van der Waals surface area contributed by atoms with Gasteiger partial charge in [0.1, 0.15) is 5.82 Å². The number of aromatic nitrogens is 1. The number of Topliss-reactive ketones (excluding diaryl/α,β-unsaturated/α-hetero) is 1. The number of carbonyl (C=O) groups is 2. The molecule has 2 N–H and O–H groups in total. The van der Waals surface area contributed by atoms with Crippen molar-refractivity contribution in [2.45, 2.75) is 26.7 Å². The molecule has 0 saturated carbocycles. The number of carbonyl (C=O) groups excluding carboxylic acids is 2. The van der Waals surface area contributed by atoms with E-state index >= 15 is 0 Å². The van der Waals surface area contributed by atoms with E-state index in [1.165, 1.54) is 18.7 Å². The molecule has 0 spiro atoms. The van der Waals surface area contributed by atoms with E-state index in [0.717, 1.165) is 11.4 Å². The van der Waals surface area contributed by atoms with Crippen LogP contribution in [0.15, 0.2) is 66.9 Å². The number of ketones is 1. The number of anilines is 3. The second kappa shape index (κ2) is 8.48. The van der Waals surface area contributed by atoms with Gasteiger partial charge in [-0.3, -0.25) is 9.59 Å². The monoisotopic (exact) mass is 373 g/mol. The average molecular weight is 373 g/mol. The summed E-state index contributed by atoms with van der Waals surface area (Å²) in [4.78, 5) is 28.2. The lowest BCUT2D eigenvalue weighted by Gasteiger charge is -2.09. The van der Waals surface area contributed by atoms with Crippen molar-refractivity contribution < 1.29 is 9.59 Å². The predicted molar refractivity (Wildman–Crippen MR) is 112 cm³/mol. The largest absolute Gasteiger partial charge is 0.340 e. The highest BCUT2D eigenvalue weighted by Gasteiger charge is 2.08. The highest BCUT2D eigenvalue weighted by atomic mass is 16.1. The van der Waals surface area contributed by atoms with Gasteiger partial charge < -0.3 is 10.6 Å². The van der Waals surface area contributed by atoms with Crippen LogP contribution in [0.1, 0.15) is 53.0 Å². The van der Waals surface area contributed by atoms with Crippen molar-refractivity contribution in [2.24, 2.45) is 0 Å². The van der Waals surface area contributed by atoms with E-state index in [1.54, 1.807) is 24.3 Å². The molecule has 2 aromatic carbocycles. The quantitative estimate of drug-likeness (QED) is 0.567. The zero-order valence-electron chi connectivity index (χ0n) is 16.2. The van der Waals surface area contributed by atoms with Crippen molar-refractivity contribution in [2.75, 3.05) is 10.6 Å². The molecule has 5 nitrogen and oxygen atoms in total. The molecule has 1 aromatic heterocycles. The summed E-state index contributed by atoms with van der Waals surface area (Å²) < 4.78 is 0. The molecule has 0 bridgehead atoms. The second-order valence-electron chi connectivity index (χ2n) is 6.92. The Morgan fingerprint density at radius 2 is 1.64 bits per heavy atom. The Bertz CT molecular complexity index is 977. The maximum absolute atomic E-state index is 12.4. The number of nitrogens with one attached hydrogen (secondary N) is 2. The maximum Gasteiger partial charge on any atom is 0.257 e. The van der Waals surface area contributed by atoms with Gasteiger partial charge in [0.15, 0.2) is 5.78 Å². The second-order valence-corrected chi connectivity index (χ2v) is 6.92. The zero-order chi connectivity index (χ0) is 20.1. The van der Waals surface area contributed by atoms with Crippen LogP contribution in [0.4, 0.5) is 17.2 Å². The molecule has 0 atom stereocenters. The summed E-state index contributed by atoms with van der Waals surface area (Å²) in [5, 5.41) is 6.01. The van der Waals surface area contributed by atoms with Crippen LogP contribution in [-0.4, -0.2) is 16.7 Å². The highest BCUT2D eigenvalue weighted by Crippen LogP contribution is 2.19. The molecule has 3 rings (SSSR count).